The van der Waals surface area contributed by atoms with Crippen LogP contribution in [0.2, 0.25) is 10.0 Å². The summed E-state index contributed by atoms with van der Waals surface area (Å²) in [7, 11) is 0. The summed E-state index contributed by atoms with van der Waals surface area (Å²) in [6, 6.07) is 18.8. The number of urea groups is 1. The van der Waals surface area contributed by atoms with Gasteiger partial charge in [-0.15, -0.1) is 0 Å². The molecule has 7 nitrogen and oxygen atoms in total. The molecule has 4 aromatic rings. The van der Waals surface area contributed by atoms with Crippen molar-refractivity contribution in [1.82, 2.24) is 14.5 Å². The highest BCUT2D eigenvalue weighted by molar-refractivity contribution is 6.43. The smallest absolute Gasteiger partial charge is 0.322 e. The SMILES string of the molecule is CCCN(C(=O)Nc1cccc(Cl)c1Cl)C(CC)c1nc2ccccc2c(=O)n1-c1ccc(OCC)cc1. The molecule has 0 fully saturated rings. The van der Waals surface area contributed by atoms with Crippen molar-refractivity contribution in [2.75, 3.05) is 18.5 Å². The Morgan fingerprint density at radius 3 is 2.45 bits per heavy atom. The number of hydrogen-bond acceptors (Lipinski definition) is 4. The Kier molecular flexibility index (Phi) is 8.92. The molecule has 1 atom stereocenters. The third-order valence-corrected chi connectivity index (χ3v) is 7.01. The van der Waals surface area contributed by atoms with Crippen LogP contribution >= 0.6 is 23.2 Å². The Hall–Kier alpha value is -3.55. The second-order valence-corrected chi connectivity index (χ2v) is 9.49. The quantitative estimate of drug-likeness (QED) is 0.233. The zero-order valence-corrected chi connectivity index (χ0v) is 23.1. The van der Waals surface area contributed by atoms with Crippen LogP contribution in [0.1, 0.15) is 45.5 Å². The van der Waals surface area contributed by atoms with Crippen molar-refractivity contribution >= 4 is 45.8 Å². The monoisotopic (exact) mass is 552 g/mol. The van der Waals surface area contributed by atoms with Gasteiger partial charge in [0.05, 0.1) is 45.0 Å². The second kappa shape index (κ2) is 12.3. The van der Waals surface area contributed by atoms with Gasteiger partial charge in [0, 0.05) is 6.54 Å². The van der Waals surface area contributed by atoms with E-state index in [4.69, 9.17) is 32.9 Å². The van der Waals surface area contributed by atoms with Gasteiger partial charge in [0.1, 0.15) is 11.6 Å². The molecule has 0 saturated heterocycles. The fraction of sp³-hybridized carbons (Fsp3) is 0.276. The van der Waals surface area contributed by atoms with E-state index in [1.165, 1.54) is 0 Å². The summed E-state index contributed by atoms with van der Waals surface area (Å²) in [6.07, 6.45) is 1.23. The van der Waals surface area contributed by atoms with Crippen molar-refractivity contribution in [3.8, 4) is 11.4 Å². The van der Waals surface area contributed by atoms with Crippen LogP contribution in [0.25, 0.3) is 16.6 Å². The molecule has 9 heteroatoms. The van der Waals surface area contributed by atoms with Crippen LogP contribution in [0.5, 0.6) is 5.75 Å². The molecule has 0 aliphatic carbocycles. The van der Waals surface area contributed by atoms with Crippen molar-refractivity contribution in [2.24, 2.45) is 0 Å². The summed E-state index contributed by atoms with van der Waals surface area (Å²) in [5, 5.41) is 4.00. The number of anilines is 1. The molecule has 1 unspecified atom stereocenters. The van der Waals surface area contributed by atoms with Crippen LogP contribution in [0, 0.1) is 0 Å². The van der Waals surface area contributed by atoms with Gasteiger partial charge in [-0.05, 0) is 68.3 Å². The molecule has 38 heavy (non-hydrogen) atoms. The molecule has 1 N–H and O–H groups in total. The van der Waals surface area contributed by atoms with E-state index in [2.05, 4.69) is 5.32 Å². The van der Waals surface area contributed by atoms with Crippen LogP contribution in [-0.2, 0) is 0 Å². The maximum atomic E-state index is 13.8. The van der Waals surface area contributed by atoms with Gasteiger partial charge < -0.3 is 15.0 Å². The van der Waals surface area contributed by atoms with Crippen LogP contribution in [0.4, 0.5) is 10.5 Å². The molecule has 0 spiro atoms. The van der Waals surface area contributed by atoms with Crippen molar-refractivity contribution in [1.29, 1.82) is 0 Å². The summed E-state index contributed by atoms with van der Waals surface area (Å²) in [4.78, 5) is 34.1. The molecule has 2 amide bonds. The molecule has 198 valence electrons. The molecule has 4 rings (SSSR count). The first-order valence-electron chi connectivity index (χ1n) is 12.7. The van der Waals surface area contributed by atoms with Gasteiger partial charge in [0.2, 0.25) is 0 Å². The van der Waals surface area contributed by atoms with Gasteiger partial charge in [-0.1, -0.05) is 55.2 Å². The molecule has 0 aliphatic heterocycles. The highest BCUT2D eigenvalue weighted by atomic mass is 35.5. The molecular weight excluding hydrogens is 523 g/mol. The lowest BCUT2D eigenvalue weighted by Crippen LogP contribution is -2.41. The second-order valence-electron chi connectivity index (χ2n) is 8.70. The van der Waals surface area contributed by atoms with Gasteiger partial charge in [0.15, 0.2) is 0 Å². The number of halogens is 2. The van der Waals surface area contributed by atoms with Crippen LogP contribution in [0.15, 0.2) is 71.5 Å². The number of ether oxygens (including phenoxy) is 1. The highest BCUT2D eigenvalue weighted by Crippen LogP contribution is 2.32. The lowest BCUT2D eigenvalue weighted by molar-refractivity contribution is 0.181. The van der Waals surface area contributed by atoms with Crippen LogP contribution < -0.4 is 15.6 Å². The van der Waals surface area contributed by atoms with Crippen LogP contribution in [-0.4, -0.2) is 33.6 Å². The molecule has 0 bridgehead atoms. The Labute approximate surface area is 232 Å². The fourth-order valence-corrected chi connectivity index (χ4v) is 4.80. The maximum absolute atomic E-state index is 13.8. The van der Waals surface area contributed by atoms with E-state index >= 15 is 0 Å². The minimum atomic E-state index is -0.503. The Morgan fingerprint density at radius 2 is 1.76 bits per heavy atom. The molecule has 0 saturated carbocycles. The van der Waals surface area contributed by atoms with E-state index in [1.807, 2.05) is 63.2 Å². The molecule has 0 radical (unpaired) electrons. The summed E-state index contributed by atoms with van der Waals surface area (Å²) in [5.41, 5.74) is 1.42. The third-order valence-electron chi connectivity index (χ3n) is 6.19. The average Bonchev–Trinajstić information content (AvgIpc) is 2.92. The predicted octanol–water partition coefficient (Wildman–Crippen LogP) is 7.49. The molecule has 1 aromatic heterocycles. The van der Waals surface area contributed by atoms with Crippen molar-refractivity contribution in [2.45, 2.75) is 39.7 Å². The van der Waals surface area contributed by atoms with E-state index in [0.717, 1.165) is 0 Å². The Balaban J connectivity index is 1.85. The Morgan fingerprint density at radius 1 is 1.03 bits per heavy atom. The first-order valence-corrected chi connectivity index (χ1v) is 13.4. The first-order chi connectivity index (χ1) is 18.4. The number of fused-ring (bicyclic) bond motifs is 1. The van der Waals surface area contributed by atoms with E-state index in [1.54, 1.807) is 33.7 Å². The van der Waals surface area contributed by atoms with E-state index in [0.29, 0.717) is 64.9 Å². The molecule has 1 heterocycles. The van der Waals surface area contributed by atoms with Gasteiger partial charge in [0.25, 0.3) is 5.56 Å². The summed E-state index contributed by atoms with van der Waals surface area (Å²) in [5.74, 6) is 1.18. The number of nitrogens with zero attached hydrogens (tertiary/aromatic N) is 3. The summed E-state index contributed by atoms with van der Waals surface area (Å²) >= 11 is 12.5. The lowest BCUT2D eigenvalue weighted by atomic mass is 10.1. The van der Waals surface area contributed by atoms with Gasteiger partial charge in [-0.25, -0.2) is 9.78 Å². The van der Waals surface area contributed by atoms with E-state index in [-0.39, 0.29) is 16.6 Å². The van der Waals surface area contributed by atoms with E-state index in [9.17, 15) is 9.59 Å². The van der Waals surface area contributed by atoms with Gasteiger partial charge in [-0.3, -0.25) is 9.36 Å². The number of carbonyl (C=O) groups is 1. The highest BCUT2D eigenvalue weighted by Gasteiger charge is 2.29. The van der Waals surface area contributed by atoms with Crippen LogP contribution in [0.3, 0.4) is 0 Å². The largest absolute Gasteiger partial charge is 0.494 e. The molecular formula is C29H30Cl2N4O3. The lowest BCUT2D eigenvalue weighted by Gasteiger charge is -2.32. The molecule has 0 aliphatic rings. The Bertz CT molecular complexity index is 1490. The normalized spacial score (nSPS) is 11.8. The summed E-state index contributed by atoms with van der Waals surface area (Å²) in [6.45, 7) is 6.86. The van der Waals surface area contributed by atoms with Crippen molar-refractivity contribution < 1.29 is 9.53 Å². The number of hydrogen-bond donors (Lipinski definition) is 1. The predicted molar refractivity (Wildman–Crippen MR) is 154 cm³/mol. The number of nitrogens with one attached hydrogen (secondary N) is 1. The number of carbonyl (C=O) groups excluding carboxylic acids is 1. The first kappa shape index (κ1) is 27.5. The average molecular weight is 553 g/mol. The minimum Gasteiger partial charge on any atom is -0.494 e. The van der Waals surface area contributed by atoms with Gasteiger partial charge in [-0.2, -0.15) is 0 Å². The van der Waals surface area contributed by atoms with E-state index < -0.39 is 6.04 Å². The minimum absolute atomic E-state index is 0.206. The fourth-order valence-electron chi connectivity index (χ4n) is 4.45. The summed E-state index contributed by atoms with van der Waals surface area (Å²) < 4.78 is 7.18. The number of benzene rings is 3. The molecule has 3 aromatic carbocycles. The van der Waals surface area contributed by atoms with Crippen molar-refractivity contribution in [3.63, 3.8) is 0 Å². The van der Waals surface area contributed by atoms with Crippen molar-refractivity contribution in [3.05, 3.63) is 93.0 Å². The maximum Gasteiger partial charge on any atom is 0.322 e. The van der Waals surface area contributed by atoms with Gasteiger partial charge >= 0.3 is 6.03 Å². The number of aromatic nitrogens is 2. The topological polar surface area (TPSA) is 76.5 Å². The third kappa shape index (κ3) is 5.64. The number of para-hydroxylation sites is 1. The zero-order valence-electron chi connectivity index (χ0n) is 21.6. The zero-order chi connectivity index (χ0) is 27.2. The number of amides is 2. The number of rotatable bonds is 9. The standard InChI is InChI=1S/C29H30Cl2N4O3/c1-4-18-34(29(37)33-24-13-9-11-22(30)26(24)31)25(5-2)27-32-23-12-8-7-10-21(23)28(36)35(27)19-14-16-20(17-15-19)38-6-3/h7-17,25H,4-6,18H2,1-3H3,(H,33,37).